The second kappa shape index (κ2) is 8.27. The maximum Gasteiger partial charge on any atom is 0.270 e. The summed E-state index contributed by atoms with van der Waals surface area (Å²) in [7, 11) is 0. The highest BCUT2D eigenvalue weighted by Gasteiger charge is 2.21. The first-order chi connectivity index (χ1) is 12.1. The SMILES string of the molecule is CC(=O)N1CCN(c2cc(C(=O)NC3CCCCCC3)ncn2)CC1. The van der Waals surface area contributed by atoms with Gasteiger partial charge in [0, 0.05) is 45.2 Å². The average molecular weight is 345 g/mol. The van der Waals surface area contributed by atoms with Crippen LogP contribution in [0.5, 0.6) is 0 Å². The van der Waals surface area contributed by atoms with Gasteiger partial charge in [-0.05, 0) is 12.8 Å². The standard InChI is InChI=1S/C18H27N5O2/c1-14(24)22-8-10-23(11-9-22)17-12-16(19-13-20-17)18(25)21-15-6-4-2-3-5-7-15/h12-13,15H,2-11H2,1H3,(H,21,25). The van der Waals surface area contributed by atoms with Crippen LogP contribution >= 0.6 is 0 Å². The molecule has 0 spiro atoms. The third-order valence-corrected chi connectivity index (χ3v) is 5.12. The van der Waals surface area contributed by atoms with Crippen LogP contribution < -0.4 is 10.2 Å². The fourth-order valence-electron chi connectivity index (χ4n) is 3.58. The van der Waals surface area contributed by atoms with E-state index in [1.165, 1.54) is 32.0 Å². The van der Waals surface area contributed by atoms with Gasteiger partial charge in [0.15, 0.2) is 0 Å². The summed E-state index contributed by atoms with van der Waals surface area (Å²) >= 11 is 0. The fourth-order valence-corrected chi connectivity index (χ4v) is 3.58. The summed E-state index contributed by atoms with van der Waals surface area (Å²) < 4.78 is 0. The Morgan fingerprint density at radius 1 is 1.04 bits per heavy atom. The molecule has 2 fully saturated rings. The van der Waals surface area contributed by atoms with Gasteiger partial charge in [0.2, 0.25) is 5.91 Å². The number of hydrogen-bond donors (Lipinski definition) is 1. The van der Waals surface area contributed by atoms with E-state index in [1.807, 2.05) is 4.90 Å². The Morgan fingerprint density at radius 2 is 1.72 bits per heavy atom. The number of hydrogen-bond acceptors (Lipinski definition) is 5. The van der Waals surface area contributed by atoms with Crippen molar-refractivity contribution in [3.05, 3.63) is 18.1 Å². The van der Waals surface area contributed by atoms with Gasteiger partial charge in [0.1, 0.15) is 17.8 Å². The molecule has 0 bridgehead atoms. The first-order valence-electron chi connectivity index (χ1n) is 9.27. The lowest BCUT2D eigenvalue weighted by atomic mass is 10.1. The minimum atomic E-state index is -0.113. The van der Waals surface area contributed by atoms with Gasteiger partial charge in [-0.1, -0.05) is 25.7 Å². The Labute approximate surface area is 148 Å². The smallest absolute Gasteiger partial charge is 0.270 e. The molecule has 3 rings (SSSR count). The molecule has 1 saturated carbocycles. The first-order valence-corrected chi connectivity index (χ1v) is 9.27. The molecule has 0 aromatic carbocycles. The molecule has 1 saturated heterocycles. The summed E-state index contributed by atoms with van der Waals surface area (Å²) in [6.45, 7) is 4.41. The normalized spacial score (nSPS) is 19.4. The minimum Gasteiger partial charge on any atom is -0.353 e. The zero-order valence-electron chi connectivity index (χ0n) is 14.9. The van der Waals surface area contributed by atoms with Gasteiger partial charge in [-0.3, -0.25) is 9.59 Å². The molecular weight excluding hydrogens is 318 g/mol. The summed E-state index contributed by atoms with van der Waals surface area (Å²) in [4.78, 5) is 36.3. The van der Waals surface area contributed by atoms with E-state index in [4.69, 9.17) is 0 Å². The van der Waals surface area contributed by atoms with Crippen LogP contribution in [-0.2, 0) is 4.79 Å². The molecule has 2 heterocycles. The van der Waals surface area contributed by atoms with Gasteiger partial charge in [-0.2, -0.15) is 0 Å². The Morgan fingerprint density at radius 3 is 2.36 bits per heavy atom. The van der Waals surface area contributed by atoms with Crippen LogP contribution in [0.25, 0.3) is 0 Å². The molecule has 1 aromatic heterocycles. The zero-order chi connectivity index (χ0) is 17.6. The van der Waals surface area contributed by atoms with Crippen LogP contribution in [0.4, 0.5) is 5.82 Å². The number of rotatable bonds is 3. The molecule has 2 aliphatic rings. The second-order valence-corrected chi connectivity index (χ2v) is 6.92. The van der Waals surface area contributed by atoms with Gasteiger partial charge < -0.3 is 15.1 Å². The molecule has 1 aliphatic heterocycles. The number of aromatic nitrogens is 2. The van der Waals surface area contributed by atoms with Crippen LogP contribution in [0.1, 0.15) is 55.9 Å². The van der Waals surface area contributed by atoms with Gasteiger partial charge in [0.05, 0.1) is 0 Å². The maximum atomic E-state index is 12.5. The van der Waals surface area contributed by atoms with Crippen molar-refractivity contribution in [2.45, 2.75) is 51.5 Å². The Hall–Kier alpha value is -2.18. The second-order valence-electron chi connectivity index (χ2n) is 6.92. The summed E-state index contributed by atoms with van der Waals surface area (Å²) in [5.74, 6) is 0.743. The third kappa shape index (κ3) is 4.67. The fraction of sp³-hybridized carbons (Fsp3) is 0.667. The van der Waals surface area contributed by atoms with E-state index in [0.29, 0.717) is 18.8 Å². The van der Waals surface area contributed by atoms with Crippen molar-refractivity contribution in [3.8, 4) is 0 Å². The number of amides is 2. The van der Waals surface area contributed by atoms with Crippen molar-refractivity contribution in [2.24, 2.45) is 0 Å². The highest BCUT2D eigenvalue weighted by Crippen LogP contribution is 2.18. The van der Waals surface area contributed by atoms with Gasteiger partial charge in [-0.15, -0.1) is 0 Å². The molecule has 7 nitrogen and oxygen atoms in total. The lowest BCUT2D eigenvalue weighted by molar-refractivity contribution is -0.129. The summed E-state index contributed by atoms with van der Waals surface area (Å²) in [5.41, 5.74) is 0.420. The summed E-state index contributed by atoms with van der Waals surface area (Å²) in [6, 6.07) is 2.02. The number of nitrogens with one attached hydrogen (secondary N) is 1. The van der Waals surface area contributed by atoms with E-state index in [0.717, 1.165) is 31.7 Å². The molecule has 0 atom stereocenters. The monoisotopic (exact) mass is 345 g/mol. The molecule has 1 N–H and O–H groups in total. The largest absolute Gasteiger partial charge is 0.353 e. The number of piperazine rings is 1. The van der Waals surface area contributed by atoms with Crippen LogP contribution in [0.2, 0.25) is 0 Å². The van der Waals surface area contributed by atoms with Crippen LogP contribution in [0.15, 0.2) is 12.4 Å². The van der Waals surface area contributed by atoms with E-state index < -0.39 is 0 Å². The molecule has 1 aliphatic carbocycles. The number of carbonyl (C=O) groups excluding carboxylic acids is 2. The topological polar surface area (TPSA) is 78.4 Å². The lowest BCUT2D eigenvalue weighted by Gasteiger charge is -2.34. The molecule has 136 valence electrons. The van der Waals surface area contributed by atoms with Crippen molar-refractivity contribution in [2.75, 3.05) is 31.1 Å². The molecule has 0 unspecified atom stereocenters. The van der Waals surface area contributed by atoms with Gasteiger partial charge >= 0.3 is 0 Å². The third-order valence-electron chi connectivity index (χ3n) is 5.12. The molecule has 2 amide bonds. The highest BCUT2D eigenvalue weighted by atomic mass is 16.2. The van der Waals surface area contributed by atoms with Crippen molar-refractivity contribution < 1.29 is 9.59 Å². The molecular formula is C18H27N5O2. The van der Waals surface area contributed by atoms with E-state index in [9.17, 15) is 9.59 Å². The van der Waals surface area contributed by atoms with E-state index in [2.05, 4.69) is 20.2 Å². The van der Waals surface area contributed by atoms with Crippen LogP contribution in [0.3, 0.4) is 0 Å². The number of anilines is 1. The van der Waals surface area contributed by atoms with Crippen molar-refractivity contribution in [1.82, 2.24) is 20.2 Å². The minimum absolute atomic E-state index is 0.103. The number of carbonyl (C=O) groups is 2. The summed E-state index contributed by atoms with van der Waals surface area (Å²) in [5, 5.41) is 3.13. The quantitative estimate of drug-likeness (QED) is 0.842. The molecule has 7 heteroatoms. The van der Waals surface area contributed by atoms with E-state index >= 15 is 0 Å². The predicted octanol–water partition coefficient (Wildman–Crippen LogP) is 1.60. The van der Waals surface area contributed by atoms with E-state index in [1.54, 1.807) is 13.0 Å². The summed E-state index contributed by atoms with van der Waals surface area (Å²) in [6.07, 6.45) is 8.44. The van der Waals surface area contributed by atoms with Crippen LogP contribution in [0, 0.1) is 0 Å². The predicted molar refractivity (Wildman–Crippen MR) is 95.5 cm³/mol. The van der Waals surface area contributed by atoms with Crippen molar-refractivity contribution in [1.29, 1.82) is 0 Å². The molecule has 25 heavy (non-hydrogen) atoms. The van der Waals surface area contributed by atoms with E-state index in [-0.39, 0.29) is 17.9 Å². The first kappa shape index (κ1) is 17.6. The Kier molecular flexibility index (Phi) is 5.83. The van der Waals surface area contributed by atoms with Gasteiger partial charge in [0.25, 0.3) is 5.91 Å². The highest BCUT2D eigenvalue weighted by molar-refractivity contribution is 5.93. The maximum absolute atomic E-state index is 12.5. The van der Waals surface area contributed by atoms with Crippen LogP contribution in [-0.4, -0.2) is 58.9 Å². The van der Waals surface area contributed by atoms with Gasteiger partial charge in [-0.25, -0.2) is 9.97 Å². The average Bonchev–Trinajstić information content (AvgIpc) is 2.90. The lowest BCUT2D eigenvalue weighted by Crippen LogP contribution is -2.48. The Bertz CT molecular complexity index is 605. The van der Waals surface area contributed by atoms with Crippen molar-refractivity contribution in [3.63, 3.8) is 0 Å². The zero-order valence-corrected chi connectivity index (χ0v) is 14.9. The number of nitrogens with zero attached hydrogens (tertiary/aromatic N) is 4. The molecule has 0 radical (unpaired) electrons. The Balaban J connectivity index is 1.61. The molecule has 1 aromatic rings. The van der Waals surface area contributed by atoms with Crippen molar-refractivity contribution >= 4 is 17.6 Å².